The van der Waals surface area contributed by atoms with Crippen molar-refractivity contribution < 1.29 is 19.4 Å². The fourth-order valence-electron chi connectivity index (χ4n) is 2.40. The maximum Gasteiger partial charge on any atom is 0.338 e. The van der Waals surface area contributed by atoms with Gasteiger partial charge in [0.15, 0.2) is 0 Å². The molecule has 0 bridgehead atoms. The van der Waals surface area contributed by atoms with Gasteiger partial charge >= 0.3 is 5.97 Å². The highest BCUT2D eigenvalue weighted by molar-refractivity contribution is 5.98. The third kappa shape index (κ3) is 2.78. The van der Waals surface area contributed by atoms with Crippen molar-refractivity contribution in [3.8, 4) is 11.1 Å². The van der Waals surface area contributed by atoms with Gasteiger partial charge in [0.1, 0.15) is 5.82 Å². The number of halogens is 1. The van der Waals surface area contributed by atoms with E-state index in [9.17, 15) is 24.2 Å². The van der Waals surface area contributed by atoms with Crippen LogP contribution in [-0.4, -0.2) is 21.2 Å². The largest absolute Gasteiger partial charge is 0.478 e. The number of aromatic amines is 1. The number of benzene rings is 1. The van der Waals surface area contributed by atoms with Gasteiger partial charge in [-0.2, -0.15) is 0 Å². The summed E-state index contributed by atoms with van der Waals surface area (Å²) in [5.41, 5.74) is 0.0986. The van der Waals surface area contributed by atoms with Gasteiger partial charge in [-0.1, -0.05) is 26.0 Å². The molecular weight excluding hydrogens is 289 g/mol. The van der Waals surface area contributed by atoms with Gasteiger partial charge in [0.25, 0.3) is 5.56 Å². The highest BCUT2D eigenvalue weighted by atomic mass is 19.1. The highest BCUT2D eigenvalue weighted by Crippen LogP contribution is 2.30. The number of pyridine rings is 1. The molecule has 0 unspecified atom stereocenters. The predicted octanol–water partition coefficient (Wildman–Crippen LogP) is 2.49. The Morgan fingerprint density at radius 1 is 1.27 bits per heavy atom. The lowest BCUT2D eigenvalue weighted by Gasteiger charge is -2.17. The molecule has 0 aliphatic rings. The first-order chi connectivity index (χ1) is 10.4. The maximum atomic E-state index is 13.1. The van der Waals surface area contributed by atoms with Gasteiger partial charge in [0.05, 0.1) is 17.7 Å². The summed E-state index contributed by atoms with van der Waals surface area (Å²) in [6.07, 6.45) is 0. The second-order valence-electron chi connectivity index (χ2n) is 5.22. The Bertz CT molecular complexity index is 763. The molecule has 1 aromatic heterocycles. The molecule has 1 heterocycles. The maximum absolute atomic E-state index is 13.1. The molecule has 3 N–H and O–H groups in total. The van der Waals surface area contributed by atoms with Crippen LogP contribution in [0.4, 0.5) is 4.39 Å². The van der Waals surface area contributed by atoms with Crippen LogP contribution in [0.3, 0.4) is 0 Å². The number of nitrogens with one attached hydrogen (secondary N) is 1. The van der Waals surface area contributed by atoms with Crippen LogP contribution in [0, 0.1) is 5.82 Å². The zero-order chi connectivity index (χ0) is 16.4. The summed E-state index contributed by atoms with van der Waals surface area (Å²) in [6, 6.07) is 5.14. The van der Waals surface area contributed by atoms with Crippen molar-refractivity contribution in [1.82, 2.24) is 4.98 Å². The van der Waals surface area contributed by atoms with Crippen LogP contribution >= 0.6 is 0 Å². The summed E-state index contributed by atoms with van der Waals surface area (Å²) in [6.45, 7) is 2.90. The first-order valence-corrected chi connectivity index (χ1v) is 6.76. The number of hydrogen-bond acceptors (Lipinski definition) is 3. The fourth-order valence-corrected chi connectivity index (χ4v) is 2.40. The Kier molecular flexibility index (Phi) is 4.42. The van der Waals surface area contributed by atoms with Crippen LogP contribution in [0.5, 0.6) is 0 Å². The van der Waals surface area contributed by atoms with Crippen LogP contribution in [0.2, 0.25) is 0 Å². The third-order valence-corrected chi connectivity index (χ3v) is 3.43. The minimum absolute atomic E-state index is 0.0478. The first-order valence-electron chi connectivity index (χ1n) is 6.76. The van der Waals surface area contributed by atoms with Gasteiger partial charge in [0.2, 0.25) is 0 Å². The van der Waals surface area contributed by atoms with E-state index < -0.39 is 24.0 Å². The monoisotopic (exact) mass is 305 g/mol. The Morgan fingerprint density at radius 2 is 1.86 bits per heavy atom. The molecule has 22 heavy (non-hydrogen) atoms. The van der Waals surface area contributed by atoms with Gasteiger partial charge in [-0.15, -0.1) is 0 Å². The molecule has 1 aromatic carbocycles. The Hall–Kier alpha value is -2.47. The van der Waals surface area contributed by atoms with Gasteiger partial charge in [-0.05, 0) is 23.6 Å². The van der Waals surface area contributed by atoms with E-state index in [1.54, 1.807) is 13.8 Å². The van der Waals surface area contributed by atoms with Gasteiger partial charge < -0.3 is 15.2 Å². The number of carboxylic acids is 1. The number of rotatable bonds is 4. The van der Waals surface area contributed by atoms with E-state index in [1.807, 2.05) is 0 Å². The number of carboxylic acid groups (broad SMARTS) is 1. The number of aromatic nitrogens is 1. The van der Waals surface area contributed by atoms with Gasteiger partial charge in [-0.25, -0.2) is 9.18 Å². The third-order valence-electron chi connectivity index (χ3n) is 3.43. The molecular formula is C16H16FNO4. The van der Waals surface area contributed by atoms with E-state index in [-0.39, 0.29) is 28.3 Å². The van der Waals surface area contributed by atoms with Crippen molar-refractivity contribution >= 4 is 5.97 Å². The molecule has 5 nitrogen and oxygen atoms in total. The van der Waals surface area contributed by atoms with Crippen molar-refractivity contribution in [3.63, 3.8) is 0 Å². The van der Waals surface area contributed by atoms with E-state index in [0.717, 1.165) is 0 Å². The lowest BCUT2D eigenvalue weighted by Crippen LogP contribution is -2.22. The molecule has 0 spiro atoms. The van der Waals surface area contributed by atoms with Crippen LogP contribution in [-0.2, 0) is 6.61 Å². The molecule has 0 radical (unpaired) electrons. The van der Waals surface area contributed by atoms with Crippen molar-refractivity contribution in [2.75, 3.05) is 0 Å². The summed E-state index contributed by atoms with van der Waals surface area (Å²) < 4.78 is 13.1. The average molecular weight is 305 g/mol. The Labute approximate surface area is 126 Å². The minimum atomic E-state index is -1.21. The molecule has 0 saturated carbocycles. The van der Waals surface area contributed by atoms with E-state index in [4.69, 9.17) is 0 Å². The number of hydrogen-bond donors (Lipinski definition) is 3. The van der Waals surface area contributed by atoms with Crippen LogP contribution < -0.4 is 5.56 Å². The molecule has 6 heteroatoms. The molecule has 2 aromatic rings. The van der Waals surface area contributed by atoms with E-state index in [0.29, 0.717) is 5.56 Å². The molecule has 0 atom stereocenters. The summed E-state index contributed by atoms with van der Waals surface area (Å²) in [5, 5.41) is 19.0. The number of aromatic carboxylic acids is 1. The number of aliphatic hydroxyl groups is 1. The molecule has 0 fully saturated rings. The Balaban J connectivity index is 2.92. The number of carbonyl (C=O) groups is 1. The molecule has 0 amide bonds. The molecule has 116 valence electrons. The van der Waals surface area contributed by atoms with Crippen molar-refractivity contribution in [2.45, 2.75) is 26.4 Å². The van der Waals surface area contributed by atoms with Crippen LogP contribution in [0.1, 0.15) is 41.4 Å². The quantitative estimate of drug-likeness (QED) is 0.809. The fraction of sp³-hybridized carbons (Fsp3) is 0.250. The lowest BCUT2D eigenvalue weighted by molar-refractivity contribution is 0.0695. The normalized spacial score (nSPS) is 11.0. The summed E-state index contributed by atoms with van der Waals surface area (Å²) in [5.74, 6) is -1.92. The van der Waals surface area contributed by atoms with E-state index in [1.165, 1.54) is 24.3 Å². The smallest absolute Gasteiger partial charge is 0.338 e. The topological polar surface area (TPSA) is 90.4 Å². The van der Waals surface area contributed by atoms with E-state index in [2.05, 4.69) is 4.98 Å². The van der Waals surface area contributed by atoms with Crippen molar-refractivity contribution in [2.24, 2.45) is 0 Å². The number of aliphatic hydroxyl groups excluding tert-OH is 1. The van der Waals surface area contributed by atoms with Gasteiger partial charge in [-0.3, -0.25) is 4.79 Å². The minimum Gasteiger partial charge on any atom is -0.478 e. The SMILES string of the molecule is CC(C)c1[nH]c(=O)c(CO)c(-c2ccc(F)cc2)c1C(=O)O. The lowest BCUT2D eigenvalue weighted by atomic mass is 9.91. The van der Waals surface area contributed by atoms with Crippen LogP contribution in [0.15, 0.2) is 29.1 Å². The number of H-pyrrole nitrogens is 1. The highest BCUT2D eigenvalue weighted by Gasteiger charge is 2.24. The molecule has 0 aliphatic heterocycles. The zero-order valence-electron chi connectivity index (χ0n) is 12.2. The summed E-state index contributed by atoms with van der Waals surface area (Å²) in [4.78, 5) is 26.3. The summed E-state index contributed by atoms with van der Waals surface area (Å²) >= 11 is 0. The second-order valence-corrected chi connectivity index (χ2v) is 5.22. The van der Waals surface area contributed by atoms with Gasteiger partial charge in [0, 0.05) is 11.3 Å². The van der Waals surface area contributed by atoms with Crippen molar-refractivity contribution in [1.29, 1.82) is 0 Å². The summed E-state index contributed by atoms with van der Waals surface area (Å²) in [7, 11) is 0. The Morgan fingerprint density at radius 3 is 2.32 bits per heavy atom. The second kappa shape index (κ2) is 6.11. The van der Waals surface area contributed by atoms with E-state index >= 15 is 0 Å². The molecule has 2 rings (SSSR count). The van der Waals surface area contributed by atoms with Crippen molar-refractivity contribution in [3.05, 3.63) is 57.3 Å². The standard InChI is InChI=1S/C16H16FNO4/c1-8(2)14-13(16(21)22)12(11(7-19)15(20)18-14)9-3-5-10(17)6-4-9/h3-6,8,19H,7H2,1-2H3,(H,18,20)(H,21,22). The zero-order valence-corrected chi connectivity index (χ0v) is 12.2. The predicted molar refractivity (Wildman–Crippen MR) is 79.4 cm³/mol. The molecule has 0 aliphatic carbocycles. The average Bonchev–Trinajstić information content (AvgIpc) is 2.46. The first kappa shape index (κ1) is 15.9. The molecule has 0 saturated heterocycles. The van der Waals surface area contributed by atoms with Crippen LogP contribution in [0.25, 0.3) is 11.1 Å².